The molecular formula is C6H7FN2O. The zero-order valence-electron chi connectivity index (χ0n) is 5.13. The van der Waals surface area contributed by atoms with Crippen LogP contribution in [0.1, 0.15) is 0 Å². The van der Waals surface area contributed by atoms with Crippen LogP contribution >= 0.6 is 0 Å². The van der Waals surface area contributed by atoms with Crippen molar-refractivity contribution in [3.05, 3.63) is 17.9 Å². The van der Waals surface area contributed by atoms with Crippen LogP contribution in [0.3, 0.4) is 0 Å². The summed E-state index contributed by atoms with van der Waals surface area (Å²) < 4.78 is 12.4. The molecule has 1 rings (SSSR count). The van der Waals surface area contributed by atoms with Gasteiger partial charge in [-0.05, 0) is 0 Å². The lowest BCUT2D eigenvalue weighted by Gasteiger charge is -2.00. The molecule has 0 fully saturated rings. The molecule has 0 amide bonds. The largest absolute Gasteiger partial charge is 0.505 e. The van der Waals surface area contributed by atoms with Gasteiger partial charge in [-0.1, -0.05) is 0 Å². The number of phenols is 1. The topological polar surface area (TPSA) is 72.3 Å². The molecule has 0 aliphatic rings. The summed E-state index contributed by atoms with van der Waals surface area (Å²) in [6.07, 6.45) is 0. The Morgan fingerprint density at radius 1 is 1.20 bits per heavy atom. The molecule has 1 aromatic carbocycles. The molecule has 0 aliphatic heterocycles. The van der Waals surface area contributed by atoms with Gasteiger partial charge in [0.15, 0.2) is 11.6 Å². The fraction of sp³-hybridized carbons (Fsp3) is 0. The molecule has 0 radical (unpaired) electrons. The summed E-state index contributed by atoms with van der Waals surface area (Å²) >= 11 is 0. The molecule has 0 atom stereocenters. The highest BCUT2D eigenvalue weighted by molar-refractivity contribution is 5.65. The Kier molecular flexibility index (Phi) is 1.37. The highest BCUT2D eigenvalue weighted by Gasteiger charge is 2.02. The number of benzene rings is 1. The second kappa shape index (κ2) is 2.06. The van der Waals surface area contributed by atoms with Crippen molar-refractivity contribution < 1.29 is 9.50 Å². The van der Waals surface area contributed by atoms with Gasteiger partial charge >= 0.3 is 0 Å². The fourth-order valence-corrected chi connectivity index (χ4v) is 0.593. The van der Waals surface area contributed by atoms with Crippen LogP contribution in [-0.2, 0) is 0 Å². The van der Waals surface area contributed by atoms with Crippen molar-refractivity contribution in [3.63, 3.8) is 0 Å². The quantitative estimate of drug-likeness (QED) is 0.368. The van der Waals surface area contributed by atoms with E-state index in [0.29, 0.717) is 0 Å². The Hall–Kier alpha value is -1.45. The first-order valence-corrected chi connectivity index (χ1v) is 2.64. The summed E-state index contributed by atoms with van der Waals surface area (Å²) in [4.78, 5) is 0. The maximum absolute atomic E-state index is 12.4. The summed E-state index contributed by atoms with van der Waals surface area (Å²) in [5.74, 6) is -1.24. The SMILES string of the molecule is Nc1cc(O)c(F)cc1N. The Labute approximate surface area is 57.1 Å². The van der Waals surface area contributed by atoms with Gasteiger partial charge in [-0.2, -0.15) is 0 Å². The Morgan fingerprint density at radius 3 is 2.20 bits per heavy atom. The minimum absolute atomic E-state index is 0.135. The number of anilines is 2. The minimum Gasteiger partial charge on any atom is -0.505 e. The molecule has 0 saturated heterocycles. The van der Waals surface area contributed by atoms with E-state index in [1.165, 1.54) is 0 Å². The van der Waals surface area contributed by atoms with Gasteiger partial charge in [0.25, 0.3) is 0 Å². The van der Waals surface area contributed by atoms with E-state index < -0.39 is 11.6 Å². The Balaban J connectivity index is 3.28. The van der Waals surface area contributed by atoms with E-state index in [9.17, 15) is 4.39 Å². The molecule has 0 saturated carbocycles. The number of nitrogen functional groups attached to an aromatic ring is 2. The predicted molar refractivity (Wildman–Crippen MR) is 36.9 cm³/mol. The number of nitrogens with two attached hydrogens (primary N) is 2. The third-order valence-corrected chi connectivity index (χ3v) is 1.15. The van der Waals surface area contributed by atoms with E-state index in [-0.39, 0.29) is 11.4 Å². The van der Waals surface area contributed by atoms with Gasteiger partial charge in [0.05, 0.1) is 11.4 Å². The molecule has 0 spiro atoms. The Bertz CT molecular complexity index is 212. The lowest BCUT2D eigenvalue weighted by atomic mass is 10.2. The first-order chi connectivity index (χ1) is 4.61. The summed E-state index contributed by atoms with van der Waals surface area (Å²) in [5, 5.41) is 8.71. The van der Waals surface area contributed by atoms with E-state index in [1.54, 1.807) is 0 Å². The molecule has 0 aliphatic carbocycles. The van der Waals surface area contributed by atoms with Crippen molar-refractivity contribution in [3.8, 4) is 5.75 Å². The van der Waals surface area contributed by atoms with Crippen molar-refractivity contribution in [2.24, 2.45) is 0 Å². The van der Waals surface area contributed by atoms with Crippen LogP contribution < -0.4 is 11.5 Å². The number of halogens is 1. The normalized spacial score (nSPS) is 9.70. The van der Waals surface area contributed by atoms with E-state index in [2.05, 4.69) is 0 Å². The second-order valence-corrected chi connectivity index (χ2v) is 1.93. The van der Waals surface area contributed by atoms with E-state index in [4.69, 9.17) is 16.6 Å². The van der Waals surface area contributed by atoms with Crippen LogP contribution in [-0.4, -0.2) is 5.11 Å². The summed E-state index contributed by atoms with van der Waals surface area (Å²) in [6, 6.07) is 2.05. The zero-order valence-corrected chi connectivity index (χ0v) is 5.13. The van der Waals surface area contributed by atoms with Gasteiger partial charge in [0.2, 0.25) is 0 Å². The maximum Gasteiger partial charge on any atom is 0.167 e. The van der Waals surface area contributed by atoms with Crippen LogP contribution in [0.4, 0.5) is 15.8 Å². The molecule has 5 N–H and O–H groups in total. The van der Waals surface area contributed by atoms with Crippen LogP contribution in [0.2, 0.25) is 0 Å². The monoisotopic (exact) mass is 142 g/mol. The first-order valence-electron chi connectivity index (χ1n) is 2.64. The van der Waals surface area contributed by atoms with Crippen molar-refractivity contribution in [1.82, 2.24) is 0 Å². The highest BCUT2D eigenvalue weighted by atomic mass is 19.1. The number of aromatic hydroxyl groups is 1. The molecule has 54 valence electrons. The number of rotatable bonds is 0. The standard InChI is InChI=1S/C6H7FN2O/c7-3-1-4(8)5(9)2-6(3)10/h1-2,10H,8-9H2. The van der Waals surface area contributed by atoms with Gasteiger partial charge in [-0.15, -0.1) is 0 Å². The summed E-state index contributed by atoms with van der Waals surface area (Å²) in [6.45, 7) is 0. The van der Waals surface area contributed by atoms with Crippen molar-refractivity contribution in [2.45, 2.75) is 0 Å². The Morgan fingerprint density at radius 2 is 1.70 bits per heavy atom. The van der Waals surface area contributed by atoms with Crippen molar-refractivity contribution >= 4 is 11.4 Å². The second-order valence-electron chi connectivity index (χ2n) is 1.93. The third kappa shape index (κ3) is 0.953. The first kappa shape index (κ1) is 6.67. The van der Waals surface area contributed by atoms with E-state index in [1.807, 2.05) is 0 Å². The molecule has 1 aromatic rings. The molecule has 0 bridgehead atoms. The van der Waals surface area contributed by atoms with E-state index >= 15 is 0 Å². The van der Waals surface area contributed by atoms with Crippen LogP contribution in [0.25, 0.3) is 0 Å². The van der Waals surface area contributed by atoms with E-state index in [0.717, 1.165) is 12.1 Å². The van der Waals surface area contributed by atoms with Gasteiger partial charge < -0.3 is 16.6 Å². The molecule has 0 aromatic heterocycles. The third-order valence-electron chi connectivity index (χ3n) is 1.15. The zero-order chi connectivity index (χ0) is 7.72. The predicted octanol–water partition coefficient (Wildman–Crippen LogP) is 0.696. The van der Waals surface area contributed by atoms with Crippen molar-refractivity contribution in [1.29, 1.82) is 0 Å². The van der Waals surface area contributed by atoms with Crippen LogP contribution in [0.5, 0.6) is 5.75 Å². The number of hydrogen-bond donors (Lipinski definition) is 3. The lowest BCUT2D eigenvalue weighted by Crippen LogP contribution is -1.94. The minimum atomic E-state index is -0.758. The highest BCUT2D eigenvalue weighted by Crippen LogP contribution is 2.23. The number of hydrogen-bond acceptors (Lipinski definition) is 3. The molecular weight excluding hydrogens is 135 g/mol. The summed E-state index contributed by atoms with van der Waals surface area (Å²) in [7, 11) is 0. The molecule has 4 heteroatoms. The van der Waals surface area contributed by atoms with Crippen molar-refractivity contribution in [2.75, 3.05) is 11.5 Å². The fourth-order valence-electron chi connectivity index (χ4n) is 0.593. The van der Waals surface area contributed by atoms with Crippen LogP contribution in [0, 0.1) is 5.82 Å². The van der Waals surface area contributed by atoms with Crippen LogP contribution in [0.15, 0.2) is 12.1 Å². The molecule has 0 heterocycles. The average molecular weight is 142 g/mol. The van der Waals surface area contributed by atoms with Gasteiger partial charge in [-0.25, -0.2) is 4.39 Å². The lowest BCUT2D eigenvalue weighted by molar-refractivity contribution is 0.433. The van der Waals surface area contributed by atoms with Gasteiger partial charge in [0.1, 0.15) is 0 Å². The smallest absolute Gasteiger partial charge is 0.167 e. The molecule has 3 nitrogen and oxygen atoms in total. The maximum atomic E-state index is 12.4. The number of phenolic OH excluding ortho intramolecular Hbond substituents is 1. The average Bonchev–Trinajstić information content (AvgIpc) is 1.84. The summed E-state index contributed by atoms with van der Waals surface area (Å²) in [5.41, 5.74) is 10.8. The van der Waals surface area contributed by atoms with Gasteiger partial charge in [-0.3, -0.25) is 0 Å². The molecule has 10 heavy (non-hydrogen) atoms. The molecule has 0 unspecified atom stereocenters. The van der Waals surface area contributed by atoms with Gasteiger partial charge in [0, 0.05) is 12.1 Å².